The number of amides is 2. The van der Waals surface area contributed by atoms with Gasteiger partial charge in [-0.3, -0.25) is 9.59 Å². The molecule has 0 aliphatic heterocycles. The highest BCUT2D eigenvalue weighted by Gasteiger charge is 2.23. The summed E-state index contributed by atoms with van der Waals surface area (Å²) in [4.78, 5) is 26.7. The van der Waals surface area contributed by atoms with Crippen molar-refractivity contribution in [1.29, 1.82) is 0 Å². The third-order valence-electron chi connectivity index (χ3n) is 5.29. The summed E-state index contributed by atoms with van der Waals surface area (Å²) in [6.07, 6.45) is 3.02. The molecule has 0 bridgehead atoms. The van der Waals surface area contributed by atoms with E-state index in [-0.39, 0.29) is 24.4 Å². The van der Waals surface area contributed by atoms with Crippen LogP contribution in [0.3, 0.4) is 0 Å². The Morgan fingerprint density at radius 1 is 1.25 bits per heavy atom. The van der Waals surface area contributed by atoms with E-state index < -0.39 is 0 Å². The van der Waals surface area contributed by atoms with Crippen molar-refractivity contribution in [2.75, 3.05) is 13.6 Å². The van der Waals surface area contributed by atoms with Crippen molar-refractivity contribution in [3.8, 4) is 0 Å². The minimum absolute atomic E-state index is 0.00993. The Kier molecular flexibility index (Phi) is 4.81. The van der Waals surface area contributed by atoms with E-state index in [2.05, 4.69) is 27.8 Å². The van der Waals surface area contributed by atoms with E-state index in [9.17, 15) is 9.59 Å². The molecule has 1 N–H and O–H groups in total. The first-order valence-electron chi connectivity index (χ1n) is 9.45. The zero-order chi connectivity index (χ0) is 19.7. The number of carbonyl (C=O) groups is 2. The first-order valence-corrected chi connectivity index (χ1v) is 9.45. The molecule has 144 valence electrons. The molecule has 28 heavy (non-hydrogen) atoms. The second-order valence-corrected chi connectivity index (χ2v) is 7.29. The van der Waals surface area contributed by atoms with Gasteiger partial charge < -0.3 is 10.2 Å². The van der Waals surface area contributed by atoms with Gasteiger partial charge in [0.1, 0.15) is 5.52 Å². The predicted molar refractivity (Wildman–Crippen MR) is 106 cm³/mol. The van der Waals surface area contributed by atoms with Crippen molar-refractivity contribution < 1.29 is 9.59 Å². The number of nitrogens with one attached hydrogen (secondary N) is 1. The van der Waals surface area contributed by atoms with Gasteiger partial charge >= 0.3 is 0 Å². The molecule has 0 spiro atoms. The summed E-state index contributed by atoms with van der Waals surface area (Å²) in [5.41, 5.74) is 4.48. The maximum Gasteiger partial charge on any atom is 0.254 e. The normalized spacial score (nSPS) is 15.9. The molecule has 0 radical (unpaired) electrons. The summed E-state index contributed by atoms with van der Waals surface area (Å²) in [5.74, 6) is -0.370. The lowest BCUT2D eigenvalue weighted by molar-refractivity contribution is -0.122. The number of hydrogen-bond donors (Lipinski definition) is 1. The Labute approximate surface area is 163 Å². The Morgan fingerprint density at radius 2 is 2.07 bits per heavy atom. The number of rotatable bonds is 4. The van der Waals surface area contributed by atoms with Gasteiger partial charge in [-0.15, -0.1) is 5.10 Å². The molecule has 0 fully saturated rings. The van der Waals surface area contributed by atoms with Gasteiger partial charge in [-0.25, -0.2) is 4.68 Å². The zero-order valence-electron chi connectivity index (χ0n) is 16.1. The second kappa shape index (κ2) is 7.42. The van der Waals surface area contributed by atoms with Gasteiger partial charge in [0.05, 0.1) is 18.1 Å². The van der Waals surface area contributed by atoms with E-state index in [0.29, 0.717) is 11.1 Å². The molecule has 1 aromatic heterocycles. The number of nitrogens with zero attached hydrogens (tertiary/aromatic N) is 4. The van der Waals surface area contributed by atoms with Crippen LogP contribution in [0.1, 0.15) is 40.4 Å². The fourth-order valence-electron chi connectivity index (χ4n) is 3.83. The van der Waals surface area contributed by atoms with Crippen LogP contribution in [-0.2, 0) is 18.3 Å². The topological polar surface area (TPSA) is 80.1 Å². The van der Waals surface area contributed by atoms with Crippen LogP contribution in [0.25, 0.3) is 11.0 Å². The molecule has 3 aromatic rings. The average molecular weight is 377 g/mol. The molecule has 1 aliphatic rings. The van der Waals surface area contributed by atoms with Gasteiger partial charge in [-0.05, 0) is 48.6 Å². The van der Waals surface area contributed by atoms with Crippen LogP contribution in [-0.4, -0.2) is 45.3 Å². The number of carbonyl (C=O) groups excluding carboxylic acids is 2. The van der Waals surface area contributed by atoms with Gasteiger partial charge in [0.2, 0.25) is 5.91 Å². The van der Waals surface area contributed by atoms with Crippen molar-refractivity contribution in [1.82, 2.24) is 25.2 Å². The van der Waals surface area contributed by atoms with Gasteiger partial charge in [-0.1, -0.05) is 29.5 Å². The summed E-state index contributed by atoms with van der Waals surface area (Å²) in [6.45, 7) is 0.00993. The maximum atomic E-state index is 12.7. The molecule has 2 amide bonds. The van der Waals surface area contributed by atoms with Crippen molar-refractivity contribution in [3.63, 3.8) is 0 Å². The van der Waals surface area contributed by atoms with Gasteiger partial charge in [0, 0.05) is 19.7 Å². The monoisotopic (exact) mass is 377 g/mol. The lowest BCUT2D eigenvalue weighted by Gasteiger charge is -2.27. The Hall–Kier alpha value is -3.22. The summed E-state index contributed by atoms with van der Waals surface area (Å²) in [5, 5.41) is 11.1. The van der Waals surface area contributed by atoms with Crippen LogP contribution < -0.4 is 5.32 Å². The molecule has 4 rings (SSSR count). The summed E-state index contributed by atoms with van der Waals surface area (Å²) >= 11 is 0. The number of benzene rings is 2. The molecule has 1 atom stereocenters. The quantitative estimate of drug-likeness (QED) is 0.756. The Bertz CT molecular complexity index is 1040. The first-order chi connectivity index (χ1) is 13.5. The van der Waals surface area contributed by atoms with Crippen LogP contribution >= 0.6 is 0 Å². The molecule has 7 nitrogen and oxygen atoms in total. The largest absolute Gasteiger partial charge is 0.348 e. The van der Waals surface area contributed by atoms with Crippen molar-refractivity contribution in [2.45, 2.75) is 25.3 Å². The SMILES string of the molecule is CN(CC(=O)NC1CCCc2ccccc21)C(=O)c1ccc2c(c1)nnn2C. The Morgan fingerprint density at radius 3 is 2.93 bits per heavy atom. The third kappa shape index (κ3) is 3.47. The van der Waals surface area contributed by atoms with E-state index >= 15 is 0 Å². The molecule has 2 aromatic carbocycles. The number of aromatic nitrogens is 3. The molecule has 0 saturated heterocycles. The van der Waals surface area contributed by atoms with Crippen LogP contribution in [0.2, 0.25) is 0 Å². The highest BCUT2D eigenvalue weighted by molar-refractivity contribution is 5.98. The lowest BCUT2D eigenvalue weighted by Crippen LogP contribution is -2.40. The fraction of sp³-hybridized carbons (Fsp3) is 0.333. The molecule has 0 saturated carbocycles. The van der Waals surface area contributed by atoms with E-state index in [1.54, 1.807) is 30.9 Å². The molecular formula is C21H23N5O2. The van der Waals surface area contributed by atoms with Crippen molar-refractivity contribution in [3.05, 3.63) is 59.2 Å². The average Bonchev–Trinajstić information content (AvgIpc) is 3.08. The van der Waals surface area contributed by atoms with Crippen molar-refractivity contribution >= 4 is 22.8 Å². The van der Waals surface area contributed by atoms with E-state index in [1.165, 1.54) is 16.0 Å². The third-order valence-corrected chi connectivity index (χ3v) is 5.29. The summed E-state index contributed by atoms with van der Waals surface area (Å²) in [6, 6.07) is 13.5. The standard InChI is InChI=1S/C21H23N5O2/c1-25(21(28)15-10-11-19-18(12-15)23-24-26(19)2)13-20(27)22-17-9-5-7-14-6-3-4-8-16(14)17/h3-4,6,8,10-12,17H,5,7,9,13H2,1-2H3,(H,22,27). The predicted octanol–water partition coefficient (Wildman–Crippen LogP) is 2.23. The molecule has 1 heterocycles. The Balaban J connectivity index is 1.42. The molecule has 1 aliphatic carbocycles. The number of fused-ring (bicyclic) bond motifs is 2. The van der Waals surface area contributed by atoms with Crippen LogP contribution in [0.15, 0.2) is 42.5 Å². The van der Waals surface area contributed by atoms with Crippen molar-refractivity contribution in [2.24, 2.45) is 7.05 Å². The highest BCUT2D eigenvalue weighted by atomic mass is 16.2. The van der Waals surface area contributed by atoms with Crippen LogP contribution in [0, 0.1) is 0 Å². The maximum absolute atomic E-state index is 12.7. The van der Waals surface area contributed by atoms with Crippen LogP contribution in [0.5, 0.6) is 0 Å². The number of aryl methyl sites for hydroxylation is 2. The second-order valence-electron chi connectivity index (χ2n) is 7.29. The van der Waals surface area contributed by atoms with Gasteiger partial charge in [0.25, 0.3) is 5.91 Å². The molecule has 7 heteroatoms. The summed E-state index contributed by atoms with van der Waals surface area (Å²) in [7, 11) is 3.44. The first kappa shape index (κ1) is 18.2. The van der Waals surface area contributed by atoms with E-state index in [4.69, 9.17) is 0 Å². The zero-order valence-corrected chi connectivity index (χ0v) is 16.1. The minimum Gasteiger partial charge on any atom is -0.348 e. The van der Waals surface area contributed by atoms with Gasteiger partial charge in [0.15, 0.2) is 0 Å². The minimum atomic E-state index is -0.216. The lowest BCUT2D eigenvalue weighted by atomic mass is 9.88. The fourth-order valence-corrected chi connectivity index (χ4v) is 3.83. The van der Waals surface area contributed by atoms with E-state index in [1.807, 2.05) is 18.2 Å². The smallest absolute Gasteiger partial charge is 0.254 e. The van der Waals surface area contributed by atoms with Gasteiger partial charge in [-0.2, -0.15) is 0 Å². The molecule has 1 unspecified atom stereocenters. The number of likely N-dealkylation sites (N-methyl/N-ethyl adjacent to an activating group) is 1. The summed E-state index contributed by atoms with van der Waals surface area (Å²) < 4.78 is 1.66. The van der Waals surface area contributed by atoms with E-state index in [0.717, 1.165) is 24.8 Å². The molecular weight excluding hydrogens is 354 g/mol. The number of hydrogen-bond acceptors (Lipinski definition) is 4. The van der Waals surface area contributed by atoms with Crippen LogP contribution in [0.4, 0.5) is 0 Å². The highest BCUT2D eigenvalue weighted by Crippen LogP contribution is 2.29.